The van der Waals surface area contributed by atoms with Crippen LogP contribution in [0.4, 0.5) is 13.2 Å². The summed E-state index contributed by atoms with van der Waals surface area (Å²) < 4.78 is 46.5. The molecule has 0 spiro atoms. The van der Waals surface area contributed by atoms with Gasteiger partial charge in [0.15, 0.2) is 5.60 Å². The van der Waals surface area contributed by atoms with Gasteiger partial charge >= 0.3 is 6.18 Å². The third kappa shape index (κ3) is 4.48. The molecule has 1 aliphatic rings. The van der Waals surface area contributed by atoms with Crippen LogP contribution < -0.4 is 0 Å². The van der Waals surface area contributed by atoms with E-state index >= 15 is 0 Å². The number of rotatable bonds is 7. The predicted octanol–water partition coefficient (Wildman–Crippen LogP) is 7.06. The van der Waals surface area contributed by atoms with Crippen molar-refractivity contribution in [3.8, 4) is 11.1 Å². The molecule has 0 saturated heterocycles. The van der Waals surface area contributed by atoms with Gasteiger partial charge in [0.25, 0.3) is 0 Å². The van der Waals surface area contributed by atoms with E-state index < -0.39 is 16.7 Å². The maximum atomic E-state index is 13.7. The van der Waals surface area contributed by atoms with Gasteiger partial charge in [0.05, 0.1) is 27.3 Å². The number of H-pyrrole nitrogens is 1. The van der Waals surface area contributed by atoms with E-state index in [-0.39, 0.29) is 22.1 Å². The molecular weight excluding hydrogens is 501 g/mol. The number of nitrogens with zero attached hydrogens (tertiary/aromatic N) is 3. The zero-order valence-electron chi connectivity index (χ0n) is 20.5. The molecule has 0 amide bonds. The summed E-state index contributed by atoms with van der Waals surface area (Å²) in [7, 11) is 0. The van der Waals surface area contributed by atoms with E-state index in [0.717, 1.165) is 30.3 Å². The Balaban J connectivity index is 1.78. The monoisotopic (exact) mass is 526 g/mol. The molecule has 0 aliphatic heterocycles. The number of nitrogens with one attached hydrogen (secondary N) is 1. The van der Waals surface area contributed by atoms with Crippen molar-refractivity contribution in [3.63, 3.8) is 0 Å². The summed E-state index contributed by atoms with van der Waals surface area (Å²) in [5.41, 5.74) is 1.46. The van der Waals surface area contributed by atoms with Crippen LogP contribution in [0.15, 0.2) is 63.5 Å². The van der Waals surface area contributed by atoms with Crippen molar-refractivity contribution in [2.45, 2.75) is 51.3 Å². The molecule has 1 unspecified atom stereocenters. The van der Waals surface area contributed by atoms with Crippen molar-refractivity contribution in [2.24, 2.45) is 0 Å². The molecule has 1 aromatic carbocycles. The molecule has 2 N–H and O–H groups in total. The van der Waals surface area contributed by atoms with Gasteiger partial charge in [-0.15, -0.1) is 0 Å². The number of aromatic nitrogens is 4. The molecular formula is C27H25F3N4O2S. The minimum atomic E-state index is -4.60. The van der Waals surface area contributed by atoms with E-state index in [0.29, 0.717) is 39.8 Å². The Labute approximate surface area is 215 Å². The summed E-state index contributed by atoms with van der Waals surface area (Å²) in [6.07, 6.45) is -0.171. The van der Waals surface area contributed by atoms with Crippen LogP contribution in [-0.2, 0) is 5.60 Å². The van der Waals surface area contributed by atoms with Crippen LogP contribution in [0.2, 0.25) is 0 Å². The van der Waals surface area contributed by atoms with Crippen LogP contribution in [0.1, 0.15) is 54.2 Å². The van der Waals surface area contributed by atoms with E-state index in [2.05, 4.69) is 21.7 Å². The third-order valence-electron chi connectivity index (χ3n) is 6.49. The van der Waals surface area contributed by atoms with Gasteiger partial charge in [-0.3, -0.25) is 4.98 Å². The molecule has 1 atom stereocenters. The lowest BCUT2D eigenvalue weighted by atomic mass is 9.86. The summed E-state index contributed by atoms with van der Waals surface area (Å²) in [6, 6.07) is 8.52. The van der Waals surface area contributed by atoms with Crippen LogP contribution >= 0.6 is 11.8 Å². The molecule has 1 aliphatic carbocycles. The maximum Gasteiger partial charge on any atom is 0.422 e. The first kappa shape index (κ1) is 25.3. The summed E-state index contributed by atoms with van der Waals surface area (Å²) in [5.74, 6) is 1.63. The molecule has 0 bridgehead atoms. The van der Waals surface area contributed by atoms with Crippen LogP contribution in [0, 0.1) is 13.8 Å². The van der Waals surface area contributed by atoms with Gasteiger partial charge < -0.3 is 14.6 Å². The Bertz CT molecular complexity index is 1500. The lowest BCUT2D eigenvalue weighted by molar-refractivity contribution is -0.0837. The molecule has 192 valence electrons. The summed E-state index contributed by atoms with van der Waals surface area (Å²) >= 11 is 0.375. The number of imidazole rings is 1. The van der Waals surface area contributed by atoms with Gasteiger partial charge in [-0.1, -0.05) is 35.6 Å². The number of aliphatic hydroxyl groups is 1. The maximum absolute atomic E-state index is 13.7. The fourth-order valence-corrected chi connectivity index (χ4v) is 5.36. The van der Waals surface area contributed by atoms with Crippen molar-refractivity contribution in [3.05, 3.63) is 87.5 Å². The first-order chi connectivity index (χ1) is 17.5. The van der Waals surface area contributed by atoms with Gasteiger partial charge in [-0.25, -0.2) is 4.98 Å². The minimum absolute atomic E-state index is 0.137. The number of allylic oxidation sites excluding steroid dienone is 2. The number of pyridine rings is 1. The second kappa shape index (κ2) is 9.18. The van der Waals surface area contributed by atoms with Crippen molar-refractivity contribution in [1.29, 1.82) is 0 Å². The number of aromatic amines is 1. The molecule has 37 heavy (non-hydrogen) atoms. The fraction of sp³-hybridized carbons (Fsp3) is 0.296. The molecule has 4 aromatic rings. The SMILES string of the molecule is C=C(S/C(=C\C)C(F)(F)F)C(O)(c1ccccn1)c1cc(-c2c(C)noc2C)cc2[nH]c(C3CC3)nc12. The number of alkyl halides is 3. The van der Waals surface area contributed by atoms with Gasteiger partial charge in [0.2, 0.25) is 0 Å². The molecule has 6 nitrogen and oxygen atoms in total. The Morgan fingerprint density at radius 1 is 1.24 bits per heavy atom. The fourth-order valence-electron chi connectivity index (χ4n) is 4.50. The van der Waals surface area contributed by atoms with E-state index in [1.807, 2.05) is 6.07 Å². The number of aryl methyl sites for hydroxylation is 2. The first-order valence-electron chi connectivity index (χ1n) is 11.8. The van der Waals surface area contributed by atoms with Gasteiger partial charge in [-0.2, -0.15) is 13.2 Å². The Morgan fingerprint density at radius 2 is 2.00 bits per heavy atom. The molecule has 0 radical (unpaired) electrons. The van der Waals surface area contributed by atoms with Crippen LogP contribution in [0.5, 0.6) is 0 Å². The molecule has 10 heteroatoms. The average Bonchev–Trinajstić information content (AvgIpc) is 3.54. The number of benzene rings is 1. The smallest absolute Gasteiger partial charge is 0.374 e. The summed E-state index contributed by atoms with van der Waals surface area (Å²) in [5, 5.41) is 16.4. The quantitative estimate of drug-likeness (QED) is 0.268. The standard InChI is InChI=1S/C27H25F3N4O2S/c1-5-22(27(28,29)30)37-16(4)26(35,21-8-6-7-11-31-21)19-12-18(23-14(2)34-36-15(23)3)13-20-24(19)33-25(32-20)17-9-10-17/h5-8,11-13,17,35H,4,9-10H2,1-3H3,(H,32,33)/b22-5-. The zero-order chi connectivity index (χ0) is 26.5. The second-order valence-corrected chi connectivity index (χ2v) is 10.3. The summed E-state index contributed by atoms with van der Waals surface area (Å²) in [4.78, 5) is 11.5. The van der Waals surface area contributed by atoms with Gasteiger partial charge in [0.1, 0.15) is 11.6 Å². The number of halogens is 3. The van der Waals surface area contributed by atoms with Crippen molar-refractivity contribution in [2.75, 3.05) is 0 Å². The summed E-state index contributed by atoms with van der Waals surface area (Å²) in [6.45, 7) is 8.82. The molecule has 3 aromatic heterocycles. The van der Waals surface area contributed by atoms with Crippen LogP contribution in [-0.4, -0.2) is 31.4 Å². The highest BCUT2D eigenvalue weighted by Gasteiger charge is 2.43. The third-order valence-corrected chi connectivity index (χ3v) is 7.72. The number of fused-ring (bicyclic) bond motifs is 1. The van der Waals surface area contributed by atoms with Gasteiger partial charge in [-0.05, 0) is 63.4 Å². The van der Waals surface area contributed by atoms with Crippen molar-refractivity contribution >= 4 is 22.8 Å². The second-order valence-electron chi connectivity index (χ2n) is 9.12. The topological polar surface area (TPSA) is 87.8 Å². The van der Waals surface area contributed by atoms with Gasteiger partial charge in [0, 0.05) is 28.1 Å². The lowest BCUT2D eigenvalue weighted by Gasteiger charge is -2.31. The Hall–Kier alpha value is -3.37. The van der Waals surface area contributed by atoms with Crippen molar-refractivity contribution in [1.82, 2.24) is 20.1 Å². The van der Waals surface area contributed by atoms with Crippen LogP contribution in [0.3, 0.4) is 0 Å². The highest BCUT2D eigenvalue weighted by atomic mass is 32.2. The van der Waals surface area contributed by atoms with E-state index in [9.17, 15) is 18.3 Å². The number of hydrogen-bond donors (Lipinski definition) is 2. The number of hydrogen-bond acceptors (Lipinski definition) is 6. The highest BCUT2D eigenvalue weighted by molar-refractivity contribution is 8.06. The Morgan fingerprint density at radius 3 is 2.57 bits per heavy atom. The van der Waals surface area contributed by atoms with E-state index in [4.69, 9.17) is 9.51 Å². The Kier molecular flexibility index (Phi) is 6.27. The average molecular weight is 527 g/mol. The van der Waals surface area contributed by atoms with Crippen molar-refractivity contribution < 1.29 is 22.8 Å². The molecule has 1 saturated carbocycles. The largest absolute Gasteiger partial charge is 0.422 e. The normalized spacial score (nSPS) is 16.2. The first-order valence-corrected chi connectivity index (χ1v) is 12.6. The molecule has 3 heterocycles. The zero-order valence-corrected chi connectivity index (χ0v) is 21.3. The lowest BCUT2D eigenvalue weighted by Crippen LogP contribution is -2.30. The molecule has 5 rings (SSSR count). The van der Waals surface area contributed by atoms with E-state index in [1.165, 1.54) is 13.1 Å². The van der Waals surface area contributed by atoms with Crippen LogP contribution in [0.25, 0.3) is 22.2 Å². The minimum Gasteiger partial charge on any atom is -0.374 e. The van der Waals surface area contributed by atoms with E-state index in [1.54, 1.807) is 38.1 Å². The highest BCUT2D eigenvalue weighted by Crippen LogP contribution is 2.50. The predicted molar refractivity (Wildman–Crippen MR) is 137 cm³/mol. The molecule has 1 fully saturated rings. The number of thioether (sulfide) groups is 1.